The lowest BCUT2D eigenvalue weighted by molar-refractivity contribution is 0.0977. The summed E-state index contributed by atoms with van der Waals surface area (Å²) >= 11 is 17.4. The van der Waals surface area contributed by atoms with Crippen LogP contribution >= 0.6 is 35.4 Å². The van der Waals surface area contributed by atoms with Gasteiger partial charge in [-0.2, -0.15) is 0 Å². The summed E-state index contributed by atoms with van der Waals surface area (Å²) in [6.07, 6.45) is 0. The number of fused-ring (bicyclic) bond motifs is 1. The minimum atomic E-state index is -0.356. The van der Waals surface area contributed by atoms with E-state index >= 15 is 0 Å². The predicted octanol–water partition coefficient (Wildman–Crippen LogP) is 5.41. The van der Waals surface area contributed by atoms with E-state index in [1.54, 1.807) is 42.5 Å². The molecule has 9 heteroatoms. The Morgan fingerprint density at radius 2 is 1.77 bits per heavy atom. The topological polar surface area (TPSA) is 98.7 Å². The highest BCUT2D eigenvalue weighted by atomic mass is 35.5. The average Bonchev–Trinajstić information content (AvgIpc) is 3.13. The van der Waals surface area contributed by atoms with Gasteiger partial charge in [-0.05, 0) is 79.3 Å². The number of aryl methyl sites for hydroxylation is 1. The highest BCUT2D eigenvalue weighted by molar-refractivity contribution is 7.80. The number of anilines is 1. The van der Waals surface area contributed by atoms with Crippen LogP contribution < -0.4 is 10.6 Å². The molecule has 0 atom stereocenters. The Labute approximate surface area is 193 Å². The van der Waals surface area contributed by atoms with Gasteiger partial charge in [0.05, 0.1) is 10.7 Å². The van der Waals surface area contributed by atoms with E-state index in [0.29, 0.717) is 32.8 Å². The van der Waals surface area contributed by atoms with Crippen LogP contribution in [0.3, 0.4) is 0 Å². The molecule has 0 fully saturated rings. The number of hydrogen-bond acceptors (Lipinski definition) is 4. The molecule has 3 aromatic carbocycles. The number of oxazole rings is 1. The van der Waals surface area contributed by atoms with E-state index in [1.165, 1.54) is 0 Å². The van der Waals surface area contributed by atoms with Crippen molar-refractivity contribution in [2.24, 2.45) is 0 Å². The third-order valence-electron chi connectivity index (χ3n) is 4.34. The molecule has 0 radical (unpaired) electrons. The zero-order valence-electron chi connectivity index (χ0n) is 16.2. The maximum absolute atomic E-state index is 12.3. The van der Waals surface area contributed by atoms with Gasteiger partial charge in [0.2, 0.25) is 5.89 Å². The van der Waals surface area contributed by atoms with Gasteiger partial charge in [0.15, 0.2) is 10.7 Å². The van der Waals surface area contributed by atoms with Crippen LogP contribution in [0.4, 0.5) is 5.69 Å². The maximum Gasteiger partial charge on any atom is 0.257 e. The molecule has 6 nitrogen and oxygen atoms in total. The summed E-state index contributed by atoms with van der Waals surface area (Å²) in [4.78, 5) is 16.9. The molecule has 31 heavy (non-hydrogen) atoms. The zero-order valence-corrected chi connectivity index (χ0v) is 18.5. The van der Waals surface area contributed by atoms with Crippen LogP contribution in [-0.2, 0) is 0 Å². The standard InChI is InChI=1S/C22H15Cl2N3O2S.H2O/c1-12-2-9-19-18(10-12)25-21(29-19)14-5-8-16(24)17(11-14)26-22(30)27-20(28)13-3-6-15(23)7-4-13;/h2-11H,1H3,(H2,26,27,28,30);1H2. The minimum Gasteiger partial charge on any atom is -0.436 e. The SMILES string of the molecule is Cc1ccc2oc(-c3ccc(Cl)c(NC(=S)NC(=O)c4ccc(Cl)cc4)c3)nc2c1.O. The fourth-order valence-electron chi connectivity index (χ4n) is 2.85. The first-order valence-electron chi connectivity index (χ1n) is 8.94. The summed E-state index contributed by atoms with van der Waals surface area (Å²) in [5.74, 6) is 0.109. The van der Waals surface area contributed by atoms with E-state index in [4.69, 9.17) is 39.8 Å². The number of carbonyl (C=O) groups excluding carboxylic acids is 1. The highest BCUT2D eigenvalue weighted by Gasteiger charge is 2.13. The van der Waals surface area contributed by atoms with Crippen molar-refractivity contribution in [1.29, 1.82) is 0 Å². The van der Waals surface area contributed by atoms with Crippen LogP contribution in [0.5, 0.6) is 0 Å². The molecular weight excluding hydrogens is 457 g/mol. The van der Waals surface area contributed by atoms with Crippen molar-refractivity contribution in [3.05, 3.63) is 81.8 Å². The van der Waals surface area contributed by atoms with Gasteiger partial charge in [0.25, 0.3) is 5.91 Å². The number of carbonyl (C=O) groups is 1. The number of nitrogens with zero attached hydrogens (tertiary/aromatic N) is 1. The Morgan fingerprint density at radius 1 is 1.03 bits per heavy atom. The first kappa shape index (κ1) is 22.7. The summed E-state index contributed by atoms with van der Waals surface area (Å²) in [5.41, 5.74) is 4.26. The summed E-state index contributed by atoms with van der Waals surface area (Å²) in [7, 11) is 0. The lowest BCUT2D eigenvalue weighted by Crippen LogP contribution is -2.34. The molecule has 1 amide bonds. The van der Waals surface area contributed by atoms with Crippen LogP contribution in [0.1, 0.15) is 15.9 Å². The Morgan fingerprint density at radius 3 is 2.52 bits per heavy atom. The van der Waals surface area contributed by atoms with Crippen LogP contribution in [0.25, 0.3) is 22.6 Å². The molecule has 0 unspecified atom stereocenters. The number of amides is 1. The van der Waals surface area contributed by atoms with Gasteiger partial charge in [-0.25, -0.2) is 4.98 Å². The quantitative estimate of drug-likeness (QED) is 0.387. The summed E-state index contributed by atoms with van der Waals surface area (Å²) < 4.78 is 5.85. The second kappa shape index (κ2) is 9.45. The van der Waals surface area contributed by atoms with E-state index in [2.05, 4.69) is 15.6 Å². The molecular formula is C22H17Cl2N3O3S. The Bertz CT molecular complexity index is 1270. The third kappa shape index (κ3) is 5.21. The van der Waals surface area contributed by atoms with E-state index in [9.17, 15) is 4.79 Å². The molecule has 1 aromatic heterocycles. The minimum absolute atomic E-state index is 0. The van der Waals surface area contributed by atoms with E-state index in [-0.39, 0.29) is 16.5 Å². The van der Waals surface area contributed by atoms with Gasteiger partial charge in [0, 0.05) is 16.1 Å². The normalized spacial score (nSPS) is 10.4. The number of aromatic nitrogens is 1. The molecule has 0 saturated carbocycles. The lowest BCUT2D eigenvalue weighted by atomic mass is 10.2. The lowest BCUT2D eigenvalue weighted by Gasteiger charge is -2.12. The molecule has 158 valence electrons. The van der Waals surface area contributed by atoms with Gasteiger partial charge in [-0.3, -0.25) is 10.1 Å². The van der Waals surface area contributed by atoms with Gasteiger partial charge >= 0.3 is 0 Å². The second-order valence-corrected chi connectivity index (χ2v) is 7.85. The average molecular weight is 474 g/mol. The van der Waals surface area contributed by atoms with Gasteiger partial charge in [-0.15, -0.1) is 0 Å². The number of halogens is 2. The molecule has 0 aliphatic rings. The zero-order chi connectivity index (χ0) is 21.3. The Hall–Kier alpha value is -2.97. The van der Waals surface area contributed by atoms with Crippen molar-refractivity contribution in [2.75, 3.05) is 5.32 Å². The maximum atomic E-state index is 12.3. The summed E-state index contributed by atoms with van der Waals surface area (Å²) in [6.45, 7) is 2.00. The van der Waals surface area contributed by atoms with Crippen molar-refractivity contribution < 1.29 is 14.7 Å². The smallest absolute Gasteiger partial charge is 0.257 e. The molecule has 0 saturated heterocycles. The molecule has 0 aliphatic carbocycles. The molecule has 4 rings (SSSR count). The molecule has 0 spiro atoms. The summed E-state index contributed by atoms with van der Waals surface area (Å²) in [5, 5.41) is 6.66. The number of benzene rings is 3. The fourth-order valence-corrected chi connectivity index (χ4v) is 3.34. The number of rotatable bonds is 3. The Kier molecular flexibility index (Phi) is 6.92. The summed E-state index contributed by atoms with van der Waals surface area (Å²) in [6, 6.07) is 17.6. The highest BCUT2D eigenvalue weighted by Crippen LogP contribution is 2.30. The van der Waals surface area contributed by atoms with Crippen LogP contribution in [-0.4, -0.2) is 21.5 Å². The largest absolute Gasteiger partial charge is 0.436 e. The number of thiocarbonyl (C=S) groups is 1. The molecule has 0 aliphatic heterocycles. The van der Waals surface area contributed by atoms with Gasteiger partial charge in [0.1, 0.15) is 5.52 Å². The van der Waals surface area contributed by atoms with E-state index < -0.39 is 0 Å². The second-order valence-electron chi connectivity index (χ2n) is 6.60. The van der Waals surface area contributed by atoms with Gasteiger partial charge < -0.3 is 15.2 Å². The fraction of sp³-hybridized carbons (Fsp3) is 0.0455. The first-order valence-corrected chi connectivity index (χ1v) is 10.1. The molecule has 0 bridgehead atoms. The van der Waals surface area contributed by atoms with Crippen LogP contribution in [0.2, 0.25) is 10.0 Å². The molecule has 4 N–H and O–H groups in total. The predicted molar refractivity (Wildman–Crippen MR) is 128 cm³/mol. The third-order valence-corrected chi connectivity index (χ3v) is 5.12. The number of hydrogen-bond donors (Lipinski definition) is 2. The Balaban J connectivity index is 0.00000272. The van der Waals surface area contributed by atoms with Crippen molar-refractivity contribution >= 4 is 63.2 Å². The van der Waals surface area contributed by atoms with Gasteiger partial charge in [-0.1, -0.05) is 29.3 Å². The van der Waals surface area contributed by atoms with Crippen molar-refractivity contribution in [3.63, 3.8) is 0 Å². The van der Waals surface area contributed by atoms with E-state index in [1.807, 2.05) is 25.1 Å². The van der Waals surface area contributed by atoms with Crippen LogP contribution in [0, 0.1) is 6.92 Å². The van der Waals surface area contributed by atoms with Crippen molar-refractivity contribution in [1.82, 2.24) is 10.3 Å². The monoisotopic (exact) mass is 473 g/mol. The molecule has 4 aromatic rings. The van der Waals surface area contributed by atoms with Crippen molar-refractivity contribution in [3.8, 4) is 11.5 Å². The number of nitrogens with one attached hydrogen (secondary N) is 2. The van der Waals surface area contributed by atoms with E-state index in [0.717, 1.165) is 16.6 Å². The van der Waals surface area contributed by atoms with Crippen LogP contribution in [0.15, 0.2) is 65.1 Å². The molecule has 1 heterocycles. The van der Waals surface area contributed by atoms with Crippen molar-refractivity contribution in [2.45, 2.75) is 6.92 Å². The first-order chi connectivity index (χ1) is 14.4.